The number of aliphatic hydroxyl groups excluding tert-OH is 1. The minimum absolute atomic E-state index is 0.103. The van der Waals surface area contributed by atoms with E-state index in [9.17, 15) is 9.50 Å². The van der Waals surface area contributed by atoms with Gasteiger partial charge in [0.2, 0.25) is 0 Å². The number of ether oxygens (including phenoxy) is 1. The second kappa shape index (κ2) is 6.46. The predicted octanol–water partition coefficient (Wildman–Crippen LogP) is 2.05. The van der Waals surface area contributed by atoms with E-state index in [0.717, 1.165) is 24.0 Å². The summed E-state index contributed by atoms with van der Waals surface area (Å²) in [7, 11) is 1.57. The topological polar surface area (TPSA) is 41.5 Å². The molecule has 2 N–H and O–H groups in total. The smallest absolute Gasteiger partial charge is 0.126 e. The van der Waals surface area contributed by atoms with Gasteiger partial charge in [-0.25, -0.2) is 4.39 Å². The van der Waals surface area contributed by atoms with E-state index in [-0.39, 0.29) is 11.9 Å². The highest BCUT2D eigenvalue weighted by molar-refractivity contribution is 5.34. The molecule has 1 aliphatic carbocycles. The molecule has 4 heteroatoms. The normalized spacial score (nSPS) is 24.0. The first kappa shape index (κ1) is 14.4. The Morgan fingerprint density at radius 3 is 3.05 bits per heavy atom. The van der Waals surface area contributed by atoms with Crippen molar-refractivity contribution >= 4 is 0 Å². The van der Waals surface area contributed by atoms with Gasteiger partial charge in [0.25, 0.3) is 0 Å². The quantitative estimate of drug-likeness (QED) is 0.858. The molecule has 0 aromatic heterocycles. The molecule has 0 aliphatic heterocycles. The molecular formula is C15H22FNO2. The van der Waals surface area contributed by atoms with Crippen LogP contribution in [0.15, 0.2) is 18.2 Å². The van der Waals surface area contributed by atoms with Crippen molar-refractivity contribution in [3.8, 4) is 0 Å². The van der Waals surface area contributed by atoms with Crippen LogP contribution in [-0.2, 0) is 11.2 Å². The zero-order valence-electron chi connectivity index (χ0n) is 11.5. The van der Waals surface area contributed by atoms with E-state index >= 15 is 0 Å². The standard InChI is InChI=1S/C15H22FNO2/c1-10-6-7-12-13(4-3-5-14(12)16)15(10)17-8-11(18)9-19-2/h3-5,10-11,15,17-18H,6-9H2,1-2H3. The number of aliphatic hydroxyl groups is 1. The summed E-state index contributed by atoms with van der Waals surface area (Å²) in [6.07, 6.45) is 1.23. The fourth-order valence-corrected chi connectivity index (χ4v) is 2.80. The van der Waals surface area contributed by atoms with Crippen LogP contribution in [0.3, 0.4) is 0 Å². The van der Waals surface area contributed by atoms with Gasteiger partial charge in [0.05, 0.1) is 12.7 Å². The van der Waals surface area contributed by atoms with Gasteiger partial charge in [-0.3, -0.25) is 0 Å². The third-order valence-corrected chi connectivity index (χ3v) is 3.84. The number of fused-ring (bicyclic) bond motifs is 1. The lowest BCUT2D eigenvalue weighted by atomic mass is 9.80. The van der Waals surface area contributed by atoms with E-state index < -0.39 is 6.10 Å². The first-order chi connectivity index (χ1) is 9.13. The Labute approximate surface area is 113 Å². The van der Waals surface area contributed by atoms with E-state index in [4.69, 9.17) is 4.74 Å². The first-order valence-electron chi connectivity index (χ1n) is 6.81. The number of nitrogens with one attached hydrogen (secondary N) is 1. The van der Waals surface area contributed by atoms with E-state index in [1.54, 1.807) is 13.2 Å². The Morgan fingerprint density at radius 1 is 1.53 bits per heavy atom. The van der Waals surface area contributed by atoms with Crippen molar-refractivity contribution in [2.75, 3.05) is 20.3 Å². The molecule has 1 aliphatic rings. The number of hydrogen-bond acceptors (Lipinski definition) is 3. The Hall–Kier alpha value is -0.970. The molecule has 106 valence electrons. The van der Waals surface area contributed by atoms with Crippen LogP contribution in [0.4, 0.5) is 4.39 Å². The molecule has 0 radical (unpaired) electrons. The molecule has 1 aromatic rings. The summed E-state index contributed by atoms with van der Waals surface area (Å²) in [5, 5.41) is 13.0. The van der Waals surface area contributed by atoms with Crippen molar-refractivity contribution in [3.05, 3.63) is 35.1 Å². The summed E-state index contributed by atoms with van der Waals surface area (Å²) in [4.78, 5) is 0. The maximum Gasteiger partial charge on any atom is 0.126 e. The number of rotatable bonds is 5. The first-order valence-corrected chi connectivity index (χ1v) is 6.81. The average molecular weight is 267 g/mol. The molecule has 0 saturated heterocycles. The van der Waals surface area contributed by atoms with Crippen LogP contribution in [0.5, 0.6) is 0 Å². The lowest BCUT2D eigenvalue weighted by molar-refractivity contribution is 0.0608. The van der Waals surface area contributed by atoms with Crippen molar-refractivity contribution in [1.29, 1.82) is 0 Å². The summed E-state index contributed by atoms with van der Waals surface area (Å²) in [5.74, 6) is 0.317. The third-order valence-electron chi connectivity index (χ3n) is 3.84. The summed E-state index contributed by atoms with van der Waals surface area (Å²) < 4.78 is 18.7. The molecular weight excluding hydrogens is 245 g/mol. The lowest BCUT2D eigenvalue weighted by Crippen LogP contribution is -2.37. The van der Waals surface area contributed by atoms with Gasteiger partial charge in [-0.05, 0) is 36.0 Å². The molecule has 1 aromatic carbocycles. The van der Waals surface area contributed by atoms with Crippen molar-refractivity contribution in [3.63, 3.8) is 0 Å². The highest BCUT2D eigenvalue weighted by Gasteiger charge is 2.28. The van der Waals surface area contributed by atoms with Gasteiger partial charge < -0.3 is 15.2 Å². The SMILES string of the molecule is COCC(O)CNC1c2cccc(F)c2CCC1C. The van der Waals surface area contributed by atoms with E-state index in [1.165, 1.54) is 6.07 Å². The summed E-state index contributed by atoms with van der Waals surface area (Å²) >= 11 is 0. The predicted molar refractivity (Wildman–Crippen MR) is 72.5 cm³/mol. The largest absolute Gasteiger partial charge is 0.389 e. The van der Waals surface area contributed by atoms with Gasteiger partial charge in [0.15, 0.2) is 0 Å². The Bertz CT molecular complexity index is 425. The molecule has 0 saturated carbocycles. The van der Waals surface area contributed by atoms with Crippen LogP contribution in [0.1, 0.15) is 30.5 Å². The minimum Gasteiger partial charge on any atom is -0.389 e. The fraction of sp³-hybridized carbons (Fsp3) is 0.600. The number of methoxy groups -OCH3 is 1. The molecule has 0 amide bonds. The molecule has 2 rings (SSSR count). The highest BCUT2D eigenvalue weighted by atomic mass is 19.1. The number of hydrogen-bond donors (Lipinski definition) is 2. The summed E-state index contributed by atoms with van der Waals surface area (Å²) in [6, 6.07) is 5.36. The zero-order chi connectivity index (χ0) is 13.8. The monoisotopic (exact) mass is 267 g/mol. The Balaban J connectivity index is 2.10. The van der Waals surface area contributed by atoms with Gasteiger partial charge in [0, 0.05) is 19.7 Å². The molecule has 0 heterocycles. The lowest BCUT2D eigenvalue weighted by Gasteiger charge is -2.33. The second-order valence-corrected chi connectivity index (χ2v) is 5.32. The van der Waals surface area contributed by atoms with Crippen molar-refractivity contribution in [1.82, 2.24) is 5.32 Å². The van der Waals surface area contributed by atoms with Crippen LogP contribution >= 0.6 is 0 Å². The molecule has 0 spiro atoms. The molecule has 0 fully saturated rings. The van der Waals surface area contributed by atoms with Gasteiger partial charge in [-0.15, -0.1) is 0 Å². The van der Waals surface area contributed by atoms with E-state index in [0.29, 0.717) is 19.1 Å². The van der Waals surface area contributed by atoms with Gasteiger partial charge in [-0.2, -0.15) is 0 Å². The molecule has 0 bridgehead atoms. The van der Waals surface area contributed by atoms with Crippen LogP contribution in [0.25, 0.3) is 0 Å². The highest BCUT2D eigenvalue weighted by Crippen LogP contribution is 2.35. The zero-order valence-corrected chi connectivity index (χ0v) is 11.5. The van der Waals surface area contributed by atoms with Crippen molar-refractivity contribution < 1.29 is 14.2 Å². The summed E-state index contributed by atoms with van der Waals surface area (Å²) in [6.45, 7) is 2.93. The van der Waals surface area contributed by atoms with Crippen LogP contribution in [0.2, 0.25) is 0 Å². The van der Waals surface area contributed by atoms with Crippen LogP contribution < -0.4 is 5.32 Å². The Kier molecular flexibility index (Phi) is 4.91. The van der Waals surface area contributed by atoms with E-state index in [2.05, 4.69) is 12.2 Å². The third kappa shape index (κ3) is 3.32. The maximum atomic E-state index is 13.8. The average Bonchev–Trinajstić information content (AvgIpc) is 2.38. The summed E-state index contributed by atoms with van der Waals surface area (Å²) in [5.41, 5.74) is 1.85. The molecule has 19 heavy (non-hydrogen) atoms. The maximum absolute atomic E-state index is 13.8. The number of benzene rings is 1. The van der Waals surface area contributed by atoms with Crippen molar-refractivity contribution in [2.24, 2.45) is 5.92 Å². The second-order valence-electron chi connectivity index (χ2n) is 5.32. The van der Waals surface area contributed by atoms with Crippen molar-refractivity contribution in [2.45, 2.75) is 31.9 Å². The van der Waals surface area contributed by atoms with Crippen LogP contribution in [0, 0.1) is 11.7 Å². The Morgan fingerprint density at radius 2 is 2.32 bits per heavy atom. The molecule has 3 unspecified atom stereocenters. The molecule has 3 nitrogen and oxygen atoms in total. The minimum atomic E-state index is -0.531. The van der Waals surface area contributed by atoms with Gasteiger partial charge in [0.1, 0.15) is 5.82 Å². The van der Waals surface area contributed by atoms with Crippen LogP contribution in [-0.4, -0.2) is 31.5 Å². The fourth-order valence-electron chi connectivity index (χ4n) is 2.80. The molecule has 3 atom stereocenters. The van der Waals surface area contributed by atoms with Gasteiger partial charge >= 0.3 is 0 Å². The van der Waals surface area contributed by atoms with E-state index in [1.807, 2.05) is 6.07 Å². The number of halogens is 1. The van der Waals surface area contributed by atoms with Gasteiger partial charge in [-0.1, -0.05) is 19.1 Å².